The van der Waals surface area contributed by atoms with Gasteiger partial charge in [-0.1, -0.05) is 18.2 Å². The molecule has 0 aliphatic rings. The van der Waals surface area contributed by atoms with Gasteiger partial charge in [-0.3, -0.25) is 4.79 Å². The summed E-state index contributed by atoms with van der Waals surface area (Å²) in [6.07, 6.45) is 0. The molecule has 0 saturated heterocycles. The van der Waals surface area contributed by atoms with Crippen molar-refractivity contribution < 1.29 is 9.18 Å². The van der Waals surface area contributed by atoms with Gasteiger partial charge in [0.25, 0.3) is 5.91 Å². The van der Waals surface area contributed by atoms with Crippen LogP contribution in [0.4, 0.5) is 4.39 Å². The van der Waals surface area contributed by atoms with Gasteiger partial charge in [-0.25, -0.2) is 4.39 Å². The lowest BCUT2D eigenvalue weighted by Gasteiger charge is -2.13. The highest BCUT2D eigenvalue weighted by Gasteiger charge is 2.17. The summed E-state index contributed by atoms with van der Waals surface area (Å²) in [5.74, 6) is -0.469. The number of carbonyl (C=O) groups is 1. The Hall–Kier alpha value is -2.10. The van der Waals surface area contributed by atoms with Crippen LogP contribution in [0.1, 0.15) is 47.2 Å². The third-order valence-electron chi connectivity index (χ3n) is 3.64. The average Bonchev–Trinajstić information content (AvgIpc) is 2.73. The lowest BCUT2D eigenvalue weighted by atomic mass is 10.2. The van der Waals surface area contributed by atoms with Crippen molar-refractivity contribution in [3.8, 4) is 0 Å². The smallest absolute Gasteiger partial charge is 0.253 e. The van der Waals surface area contributed by atoms with Crippen molar-refractivity contribution in [1.29, 1.82) is 0 Å². The zero-order chi connectivity index (χ0) is 15.6. The van der Waals surface area contributed by atoms with E-state index in [1.807, 2.05) is 19.9 Å². The van der Waals surface area contributed by atoms with Gasteiger partial charge in [0.15, 0.2) is 0 Å². The predicted molar refractivity (Wildman–Crippen MR) is 81.9 cm³/mol. The highest BCUT2D eigenvalue weighted by Crippen LogP contribution is 2.20. The van der Waals surface area contributed by atoms with Gasteiger partial charge in [-0.2, -0.15) is 0 Å². The van der Waals surface area contributed by atoms with Gasteiger partial charge < -0.3 is 9.88 Å². The zero-order valence-corrected chi connectivity index (χ0v) is 12.9. The van der Waals surface area contributed by atoms with Crippen LogP contribution in [-0.4, -0.2) is 10.5 Å². The molecule has 1 aromatic heterocycles. The van der Waals surface area contributed by atoms with Gasteiger partial charge in [-0.15, -0.1) is 0 Å². The first-order valence-electron chi connectivity index (χ1n) is 7.12. The van der Waals surface area contributed by atoms with E-state index in [0.29, 0.717) is 17.2 Å². The molecular formula is C17H21FN2O. The van der Waals surface area contributed by atoms with Crippen LogP contribution >= 0.6 is 0 Å². The molecule has 1 N–H and O–H groups in total. The molecule has 0 unspecified atom stereocenters. The number of aryl methyl sites for hydroxylation is 1. The van der Waals surface area contributed by atoms with Crippen molar-refractivity contribution >= 4 is 5.91 Å². The maximum Gasteiger partial charge on any atom is 0.253 e. The van der Waals surface area contributed by atoms with Gasteiger partial charge >= 0.3 is 0 Å². The summed E-state index contributed by atoms with van der Waals surface area (Å²) in [4.78, 5) is 12.3. The van der Waals surface area contributed by atoms with E-state index in [1.165, 1.54) is 6.07 Å². The van der Waals surface area contributed by atoms with E-state index >= 15 is 0 Å². The minimum Gasteiger partial charge on any atom is -0.348 e. The van der Waals surface area contributed by atoms with E-state index in [-0.39, 0.29) is 18.3 Å². The SMILES string of the molecule is Cc1cc(C(=O)NCc2ccccc2F)c(C)n1C(C)C. The summed E-state index contributed by atoms with van der Waals surface area (Å²) in [6.45, 7) is 8.28. The summed E-state index contributed by atoms with van der Waals surface area (Å²) < 4.78 is 15.7. The summed E-state index contributed by atoms with van der Waals surface area (Å²) in [7, 11) is 0. The molecule has 0 saturated carbocycles. The summed E-state index contributed by atoms with van der Waals surface area (Å²) in [5.41, 5.74) is 3.13. The van der Waals surface area contributed by atoms with Gasteiger partial charge in [0.1, 0.15) is 5.82 Å². The number of carbonyl (C=O) groups excluding carboxylic acids is 1. The topological polar surface area (TPSA) is 34.0 Å². The maximum atomic E-state index is 13.5. The normalized spacial score (nSPS) is 11.0. The standard InChI is InChI=1S/C17H21FN2O/c1-11(2)20-12(3)9-15(13(20)4)17(21)19-10-14-7-5-6-8-16(14)18/h5-9,11H,10H2,1-4H3,(H,19,21). The molecule has 1 aromatic carbocycles. The molecule has 0 radical (unpaired) electrons. The summed E-state index contributed by atoms with van der Waals surface area (Å²) in [5, 5.41) is 2.78. The molecule has 4 heteroatoms. The second kappa shape index (κ2) is 6.12. The van der Waals surface area contributed by atoms with Crippen molar-refractivity contribution in [2.45, 2.75) is 40.3 Å². The number of benzene rings is 1. The molecule has 1 amide bonds. The zero-order valence-electron chi connectivity index (χ0n) is 12.9. The fourth-order valence-electron chi connectivity index (χ4n) is 2.71. The molecule has 0 spiro atoms. The van der Waals surface area contributed by atoms with E-state index in [9.17, 15) is 9.18 Å². The highest BCUT2D eigenvalue weighted by molar-refractivity contribution is 5.95. The number of nitrogens with zero attached hydrogens (tertiary/aromatic N) is 1. The quantitative estimate of drug-likeness (QED) is 0.913. The van der Waals surface area contributed by atoms with E-state index in [4.69, 9.17) is 0 Å². The lowest BCUT2D eigenvalue weighted by molar-refractivity contribution is 0.0950. The van der Waals surface area contributed by atoms with Crippen LogP contribution in [0.15, 0.2) is 30.3 Å². The Labute approximate surface area is 124 Å². The number of halogens is 1. The first-order chi connectivity index (χ1) is 9.91. The third-order valence-corrected chi connectivity index (χ3v) is 3.64. The van der Waals surface area contributed by atoms with Crippen molar-refractivity contribution in [3.63, 3.8) is 0 Å². The Bertz CT molecular complexity index is 659. The minimum atomic E-state index is -0.301. The predicted octanol–water partition coefficient (Wildman–Crippen LogP) is 3.75. The summed E-state index contributed by atoms with van der Waals surface area (Å²) in [6, 6.07) is 8.65. The van der Waals surface area contributed by atoms with Gasteiger partial charge in [0.05, 0.1) is 5.56 Å². The number of hydrogen-bond acceptors (Lipinski definition) is 1. The number of amides is 1. The molecule has 0 fully saturated rings. The molecule has 2 aromatic rings. The lowest BCUT2D eigenvalue weighted by Crippen LogP contribution is -2.24. The Morgan fingerprint density at radius 2 is 1.95 bits per heavy atom. The first-order valence-corrected chi connectivity index (χ1v) is 7.12. The highest BCUT2D eigenvalue weighted by atomic mass is 19.1. The summed E-state index contributed by atoms with van der Waals surface area (Å²) >= 11 is 0. The second-order valence-corrected chi connectivity index (χ2v) is 5.52. The molecule has 112 valence electrons. The fraction of sp³-hybridized carbons (Fsp3) is 0.353. The van der Waals surface area contributed by atoms with Gasteiger partial charge in [0.2, 0.25) is 0 Å². The molecular weight excluding hydrogens is 267 g/mol. The molecule has 3 nitrogen and oxygen atoms in total. The van der Waals surface area contributed by atoms with Crippen molar-refractivity contribution in [2.24, 2.45) is 0 Å². The van der Waals surface area contributed by atoms with Crippen LogP contribution in [0.5, 0.6) is 0 Å². The van der Waals surface area contributed by atoms with Crippen LogP contribution in [-0.2, 0) is 6.54 Å². The number of aromatic nitrogens is 1. The van der Waals surface area contributed by atoms with Gasteiger partial charge in [-0.05, 0) is 39.8 Å². The Kier molecular flexibility index (Phi) is 4.46. The Morgan fingerprint density at radius 1 is 1.29 bits per heavy atom. The Balaban J connectivity index is 2.15. The van der Waals surface area contributed by atoms with Crippen LogP contribution in [0.3, 0.4) is 0 Å². The first kappa shape index (κ1) is 15.3. The second-order valence-electron chi connectivity index (χ2n) is 5.52. The van der Waals surface area contributed by atoms with Crippen molar-refractivity contribution in [1.82, 2.24) is 9.88 Å². The van der Waals surface area contributed by atoms with Crippen LogP contribution in [0.2, 0.25) is 0 Å². The van der Waals surface area contributed by atoms with E-state index in [1.54, 1.807) is 18.2 Å². The van der Waals surface area contributed by atoms with Crippen LogP contribution in [0.25, 0.3) is 0 Å². The average molecular weight is 288 g/mol. The molecule has 0 atom stereocenters. The van der Waals surface area contributed by atoms with Crippen molar-refractivity contribution in [2.75, 3.05) is 0 Å². The number of hydrogen-bond donors (Lipinski definition) is 1. The molecule has 1 heterocycles. The third kappa shape index (κ3) is 3.15. The Morgan fingerprint density at radius 3 is 2.52 bits per heavy atom. The number of nitrogens with one attached hydrogen (secondary N) is 1. The van der Waals surface area contributed by atoms with Crippen molar-refractivity contribution in [3.05, 3.63) is 58.7 Å². The van der Waals surface area contributed by atoms with Crippen LogP contribution in [0, 0.1) is 19.7 Å². The number of rotatable bonds is 4. The molecule has 0 bridgehead atoms. The van der Waals surface area contributed by atoms with Gasteiger partial charge in [0, 0.05) is 29.5 Å². The fourth-order valence-corrected chi connectivity index (χ4v) is 2.71. The van der Waals surface area contributed by atoms with Crippen LogP contribution < -0.4 is 5.32 Å². The largest absolute Gasteiger partial charge is 0.348 e. The molecule has 2 rings (SSSR count). The molecule has 0 aliphatic carbocycles. The minimum absolute atomic E-state index is 0.168. The monoisotopic (exact) mass is 288 g/mol. The van der Waals surface area contributed by atoms with E-state index in [2.05, 4.69) is 23.7 Å². The molecule has 0 aliphatic heterocycles. The van der Waals surface area contributed by atoms with E-state index < -0.39 is 0 Å². The van der Waals surface area contributed by atoms with E-state index in [0.717, 1.165) is 11.4 Å². The maximum absolute atomic E-state index is 13.5. The molecule has 21 heavy (non-hydrogen) atoms.